The van der Waals surface area contributed by atoms with E-state index < -0.39 is 15.7 Å². The van der Waals surface area contributed by atoms with Crippen molar-refractivity contribution in [1.29, 1.82) is 0 Å². The van der Waals surface area contributed by atoms with Gasteiger partial charge in [-0.25, -0.2) is 12.8 Å². The third-order valence-corrected chi connectivity index (χ3v) is 6.73. The van der Waals surface area contributed by atoms with E-state index in [4.69, 9.17) is 0 Å². The maximum Gasteiger partial charge on any atom is 0.279 e. The van der Waals surface area contributed by atoms with Crippen LogP contribution in [0.4, 0.5) is 10.1 Å². The first kappa shape index (κ1) is 22.3. The van der Waals surface area contributed by atoms with E-state index in [0.29, 0.717) is 17.0 Å². The average molecular weight is 415 g/mol. The molecule has 1 aliphatic heterocycles. The molecule has 2 N–H and O–H groups in total. The Balaban J connectivity index is 1.95. The number of hydrogen-bond donors (Lipinski definition) is 2. The lowest BCUT2D eigenvalue weighted by atomic mass is 10.1. The molecular formula is C19H29FN3O4S+. The Morgan fingerprint density at radius 1 is 1.36 bits per heavy atom. The Labute approximate surface area is 165 Å². The highest BCUT2D eigenvalue weighted by Crippen LogP contribution is 2.21. The summed E-state index contributed by atoms with van der Waals surface area (Å²) in [6.07, 6.45) is 1.18. The lowest BCUT2D eigenvalue weighted by molar-refractivity contribution is -0.862. The van der Waals surface area contributed by atoms with Gasteiger partial charge in [0.2, 0.25) is 0 Å². The van der Waals surface area contributed by atoms with E-state index in [-0.39, 0.29) is 48.5 Å². The van der Waals surface area contributed by atoms with E-state index in [1.807, 2.05) is 13.8 Å². The number of nitrogens with zero attached hydrogens (tertiary/aromatic N) is 1. The smallest absolute Gasteiger partial charge is 0.279 e. The molecule has 0 bridgehead atoms. The van der Waals surface area contributed by atoms with Crippen LogP contribution in [0.5, 0.6) is 0 Å². The average Bonchev–Trinajstić information content (AvgIpc) is 2.93. The summed E-state index contributed by atoms with van der Waals surface area (Å²) in [7, 11) is -1.37. The van der Waals surface area contributed by atoms with Gasteiger partial charge >= 0.3 is 0 Å². The van der Waals surface area contributed by atoms with Crippen molar-refractivity contribution in [3.05, 3.63) is 30.1 Å². The SMILES string of the molecule is CC[C@H](C)N(C(=O)C[NH+](C)CC(=O)Nc1cccc(F)c1)[C@@H]1CCS(=O)(=O)C1. The van der Waals surface area contributed by atoms with Gasteiger partial charge in [-0.15, -0.1) is 0 Å². The molecule has 1 saturated heterocycles. The third kappa shape index (κ3) is 6.27. The zero-order chi connectivity index (χ0) is 20.9. The molecule has 0 aliphatic carbocycles. The highest BCUT2D eigenvalue weighted by atomic mass is 32.2. The van der Waals surface area contributed by atoms with Gasteiger partial charge in [0.15, 0.2) is 22.9 Å². The number of sulfone groups is 1. The molecule has 0 aromatic heterocycles. The Morgan fingerprint density at radius 2 is 2.07 bits per heavy atom. The van der Waals surface area contributed by atoms with Crippen LogP contribution in [-0.2, 0) is 19.4 Å². The molecule has 28 heavy (non-hydrogen) atoms. The van der Waals surface area contributed by atoms with Crippen LogP contribution >= 0.6 is 0 Å². The number of amides is 2. The Bertz CT molecular complexity index is 815. The molecule has 9 heteroatoms. The number of rotatable bonds is 8. The normalized spacial score (nSPS) is 20.4. The van der Waals surface area contributed by atoms with E-state index >= 15 is 0 Å². The number of nitrogens with one attached hydrogen (secondary N) is 2. The van der Waals surface area contributed by atoms with Crippen molar-refractivity contribution in [3.63, 3.8) is 0 Å². The minimum atomic E-state index is -3.10. The number of hydrogen-bond acceptors (Lipinski definition) is 4. The number of likely N-dealkylation sites (N-methyl/N-ethyl adjacent to an activating group) is 1. The molecule has 1 aromatic rings. The summed E-state index contributed by atoms with van der Waals surface area (Å²) in [4.78, 5) is 27.4. The Morgan fingerprint density at radius 3 is 2.64 bits per heavy atom. The number of carbonyl (C=O) groups excluding carboxylic acids is 2. The maximum absolute atomic E-state index is 13.2. The highest BCUT2D eigenvalue weighted by Gasteiger charge is 2.37. The van der Waals surface area contributed by atoms with Crippen molar-refractivity contribution in [1.82, 2.24) is 4.90 Å². The quantitative estimate of drug-likeness (QED) is 0.631. The zero-order valence-corrected chi connectivity index (χ0v) is 17.4. The molecule has 0 radical (unpaired) electrons. The summed E-state index contributed by atoms with van der Waals surface area (Å²) in [6, 6.07) is 5.24. The molecule has 0 saturated carbocycles. The topological polar surface area (TPSA) is 88.0 Å². The second-order valence-electron chi connectivity index (χ2n) is 7.48. The van der Waals surface area contributed by atoms with Crippen LogP contribution in [-0.4, -0.2) is 68.9 Å². The molecule has 2 rings (SSSR count). The fourth-order valence-electron chi connectivity index (χ4n) is 3.46. The van der Waals surface area contributed by atoms with Crippen LogP contribution in [0, 0.1) is 5.82 Å². The summed E-state index contributed by atoms with van der Waals surface area (Å²) >= 11 is 0. The monoisotopic (exact) mass is 414 g/mol. The Kier molecular flexibility index (Phi) is 7.54. The van der Waals surface area contributed by atoms with E-state index in [1.54, 1.807) is 18.0 Å². The van der Waals surface area contributed by atoms with Gasteiger partial charge in [0.1, 0.15) is 5.82 Å². The molecule has 1 fully saturated rings. The van der Waals surface area contributed by atoms with Gasteiger partial charge in [-0.05, 0) is 38.0 Å². The first-order valence-electron chi connectivity index (χ1n) is 9.49. The number of anilines is 1. The van der Waals surface area contributed by atoms with Crippen molar-refractivity contribution in [2.75, 3.05) is 37.0 Å². The lowest BCUT2D eigenvalue weighted by Gasteiger charge is -2.34. The second-order valence-corrected chi connectivity index (χ2v) is 9.71. The molecule has 1 unspecified atom stereocenters. The predicted octanol–water partition coefficient (Wildman–Crippen LogP) is 0.0931. The molecule has 3 atom stereocenters. The largest absolute Gasteiger partial charge is 0.331 e. The van der Waals surface area contributed by atoms with Crippen molar-refractivity contribution in [2.24, 2.45) is 0 Å². The summed E-state index contributed by atoms with van der Waals surface area (Å²) in [5.74, 6) is -0.815. The van der Waals surface area contributed by atoms with Crippen molar-refractivity contribution in [3.8, 4) is 0 Å². The van der Waals surface area contributed by atoms with Crippen molar-refractivity contribution < 1.29 is 27.3 Å². The van der Waals surface area contributed by atoms with Gasteiger partial charge in [-0.3, -0.25) is 9.59 Å². The fraction of sp³-hybridized carbons (Fsp3) is 0.579. The van der Waals surface area contributed by atoms with Gasteiger partial charge in [-0.1, -0.05) is 13.0 Å². The van der Waals surface area contributed by atoms with Gasteiger partial charge in [0.25, 0.3) is 11.8 Å². The predicted molar refractivity (Wildman–Crippen MR) is 105 cm³/mol. The number of benzene rings is 1. The highest BCUT2D eigenvalue weighted by molar-refractivity contribution is 7.91. The first-order chi connectivity index (χ1) is 13.1. The van der Waals surface area contributed by atoms with E-state index in [1.165, 1.54) is 18.2 Å². The van der Waals surface area contributed by atoms with Gasteiger partial charge in [-0.2, -0.15) is 0 Å². The third-order valence-electron chi connectivity index (χ3n) is 4.98. The minimum absolute atomic E-state index is 0.00217. The zero-order valence-electron chi connectivity index (χ0n) is 16.6. The van der Waals surface area contributed by atoms with Gasteiger partial charge in [0.05, 0.1) is 18.6 Å². The molecule has 1 heterocycles. The second kappa shape index (κ2) is 9.47. The molecule has 7 nitrogen and oxygen atoms in total. The van der Waals surface area contributed by atoms with E-state index in [9.17, 15) is 22.4 Å². The van der Waals surface area contributed by atoms with Crippen LogP contribution in [0.25, 0.3) is 0 Å². The summed E-state index contributed by atoms with van der Waals surface area (Å²) in [5.41, 5.74) is 0.363. The fourth-order valence-corrected chi connectivity index (χ4v) is 5.17. The lowest BCUT2D eigenvalue weighted by Crippen LogP contribution is -3.11. The summed E-state index contributed by atoms with van der Waals surface area (Å²) in [6.45, 7) is 3.99. The summed E-state index contributed by atoms with van der Waals surface area (Å²) < 4.78 is 36.8. The molecule has 0 spiro atoms. The number of quaternary nitrogens is 1. The van der Waals surface area contributed by atoms with Gasteiger partial charge in [0, 0.05) is 17.8 Å². The van der Waals surface area contributed by atoms with Crippen molar-refractivity contribution in [2.45, 2.75) is 38.8 Å². The standard InChI is InChI=1S/C19H28FN3O4S/c1-4-14(2)23(17-8-9-28(26,27)13-17)19(25)12-22(3)11-18(24)21-16-7-5-6-15(20)10-16/h5-7,10,14,17H,4,8-9,11-13H2,1-3H3,(H,21,24)/p+1/t14-,17+/m0/s1. The van der Waals surface area contributed by atoms with Gasteiger partial charge < -0.3 is 15.1 Å². The van der Waals surface area contributed by atoms with Crippen molar-refractivity contribution >= 4 is 27.3 Å². The molecule has 2 amide bonds. The minimum Gasteiger partial charge on any atom is -0.331 e. The van der Waals surface area contributed by atoms with E-state index in [2.05, 4.69) is 5.32 Å². The first-order valence-corrected chi connectivity index (χ1v) is 11.3. The van der Waals surface area contributed by atoms with E-state index in [0.717, 1.165) is 6.42 Å². The molecule has 1 aliphatic rings. The molecular weight excluding hydrogens is 385 g/mol. The molecule has 156 valence electrons. The number of halogens is 1. The summed E-state index contributed by atoms with van der Waals surface area (Å²) in [5, 5.41) is 2.61. The van der Waals surface area contributed by atoms with Crippen LogP contribution in [0.1, 0.15) is 26.7 Å². The molecule has 1 aromatic carbocycles. The van der Waals surface area contributed by atoms with Crippen LogP contribution in [0.2, 0.25) is 0 Å². The van der Waals surface area contributed by atoms with Crippen LogP contribution < -0.4 is 10.2 Å². The van der Waals surface area contributed by atoms with Crippen LogP contribution in [0.15, 0.2) is 24.3 Å². The number of carbonyl (C=O) groups is 2. The maximum atomic E-state index is 13.2. The Hall–Kier alpha value is -2.00. The van der Waals surface area contributed by atoms with Crippen LogP contribution in [0.3, 0.4) is 0 Å².